The second-order valence-electron chi connectivity index (χ2n) is 2.36. The van der Waals surface area contributed by atoms with E-state index in [1.165, 1.54) is 0 Å². The molecule has 0 aliphatic carbocycles. The Hall–Kier alpha value is -0.100. The quantitative estimate of drug-likeness (QED) is 0.783. The Kier molecular flexibility index (Phi) is 3.11. The first-order valence-corrected chi connectivity index (χ1v) is 6.27. The summed E-state index contributed by atoms with van der Waals surface area (Å²) in [5, 5.41) is 0. The molecule has 0 amide bonds. The summed E-state index contributed by atoms with van der Waals surface area (Å²) >= 11 is 2.10. The maximum atomic E-state index is 11.3. The lowest BCUT2D eigenvalue weighted by Crippen LogP contribution is -2.03. The fourth-order valence-electron chi connectivity index (χ4n) is 0.827. The first-order chi connectivity index (χ1) is 5.56. The normalized spacial score (nSPS) is 11.5. The highest BCUT2D eigenvalue weighted by atomic mass is 127. The van der Waals surface area contributed by atoms with Crippen molar-refractivity contribution in [3.8, 4) is 0 Å². The fourth-order valence-corrected chi connectivity index (χ4v) is 2.51. The van der Waals surface area contributed by atoms with E-state index in [1.807, 2.05) is 6.07 Å². The molecule has 0 heterocycles. The van der Waals surface area contributed by atoms with Gasteiger partial charge >= 0.3 is 0 Å². The molecule has 0 saturated heterocycles. The largest absolute Gasteiger partial charge is 0.224 e. The van der Waals surface area contributed by atoms with E-state index in [-0.39, 0.29) is 5.75 Å². The molecule has 0 spiro atoms. The van der Waals surface area contributed by atoms with Crippen LogP contribution in [-0.2, 0) is 9.84 Å². The Morgan fingerprint density at radius 3 is 2.58 bits per heavy atom. The van der Waals surface area contributed by atoms with Crippen molar-refractivity contribution in [1.82, 2.24) is 0 Å². The van der Waals surface area contributed by atoms with Crippen molar-refractivity contribution in [2.75, 3.05) is 5.75 Å². The van der Waals surface area contributed by atoms with Crippen LogP contribution in [0.3, 0.4) is 0 Å². The summed E-state index contributed by atoms with van der Waals surface area (Å²) < 4.78 is 23.6. The van der Waals surface area contributed by atoms with Crippen LogP contribution in [0.15, 0.2) is 29.2 Å². The van der Waals surface area contributed by atoms with Crippen molar-refractivity contribution in [1.29, 1.82) is 0 Å². The molecule has 1 rings (SSSR count). The van der Waals surface area contributed by atoms with Gasteiger partial charge < -0.3 is 0 Å². The van der Waals surface area contributed by atoms with Crippen LogP contribution in [0.5, 0.6) is 0 Å². The predicted molar refractivity (Wildman–Crippen MR) is 56.9 cm³/mol. The minimum atomic E-state index is -3.03. The summed E-state index contributed by atoms with van der Waals surface area (Å²) in [5.74, 6) is 0.160. The smallest absolute Gasteiger partial charge is 0.178 e. The van der Waals surface area contributed by atoms with Crippen LogP contribution in [0, 0.1) is 3.57 Å². The molecule has 12 heavy (non-hydrogen) atoms. The first-order valence-electron chi connectivity index (χ1n) is 3.54. The number of hydrogen-bond donors (Lipinski definition) is 0. The van der Waals surface area contributed by atoms with Crippen LogP contribution in [0.1, 0.15) is 6.92 Å². The molecule has 0 aromatic heterocycles. The average Bonchev–Trinajstić information content (AvgIpc) is 2.05. The molecule has 0 N–H and O–H groups in total. The van der Waals surface area contributed by atoms with Crippen molar-refractivity contribution in [2.24, 2.45) is 0 Å². The summed E-state index contributed by atoms with van der Waals surface area (Å²) in [4.78, 5) is 0.414. The lowest BCUT2D eigenvalue weighted by Gasteiger charge is -2.00. The molecular weight excluding hydrogens is 287 g/mol. The third-order valence-corrected chi connectivity index (χ3v) is 3.94. The molecule has 0 unspecified atom stereocenters. The third kappa shape index (κ3) is 2.20. The van der Waals surface area contributed by atoms with Gasteiger partial charge in [-0.1, -0.05) is 13.0 Å². The second-order valence-corrected chi connectivity index (χ2v) is 5.88. The molecule has 4 heteroatoms. The Labute approximate surface area is 86.0 Å². The van der Waals surface area contributed by atoms with Crippen molar-refractivity contribution < 1.29 is 8.42 Å². The summed E-state index contributed by atoms with van der Waals surface area (Å²) in [6, 6.07) is 6.93. The highest BCUT2D eigenvalue weighted by Crippen LogP contribution is 2.14. The number of hydrogen-bond acceptors (Lipinski definition) is 2. The van der Waals surface area contributed by atoms with E-state index in [0.717, 1.165) is 3.57 Å². The Bertz CT molecular complexity index is 370. The first kappa shape index (κ1) is 9.98. The van der Waals surface area contributed by atoms with Crippen molar-refractivity contribution in [3.05, 3.63) is 27.8 Å². The third-order valence-electron chi connectivity index (χ3n) is 1.54. The van der Waals surface area contributed by atoms with Crippen molar-refractivity contribution >= 4 is 32.4 Å². The summed E-state index contributed by atoms with van der Waals surface area (Å²) in [5.41, 5.74) is 0. The number of benzene rings is 1. The van der Waals surface area contributed by atoms with Gasteiger partial charge in [-0.05, 0) is 40.8 Å². The van der Waals surface area contributed by atoms with Gasteiger partial charge in [-0.2, -0.15) is 0 Å². The van der Waals surface area contributed by atoms with E-state index in [1.54, 1.807) is 25.1 Å². The topological polar surface area (TPSA) is 34.1 Å². The number of halogens is 1. The van der Waals surface area contributed by atoms with E-state index < -0.39 is 9.84 Å². The van der Waals surface area contributed by atoms with Crippen LogP contribution < -0.4 is 0 Å². The molecule has 0 aliphatic rings. The maximum Gasteiger partial charge on any atom is 0.178 e. The van der Waals surface area contributed by atoms with Gasteiger partial charge in [0.25, 0.3) is 0 Å². The average molecular weight is 296 g/mol. The van der Waals surface area contributed by atoms with Gasteiger partial charge in [0.2, 0.25) is 0 Å². The van der Waals surface area contributed by atoms with Gasteiger partial charge in [-0.3, -0.25) is 0 Å². The zero-order valence-corrected chi connectivity index (χ0v) is 9.59. The molecule has 0 fully saturated rings. The molecule has 66 valence electrons. The molecule has 0 saturated carbocycles. The van der Waals surface area contributed by atoms with E-state index in [2.05, 4.69) is 22.6 Å². The van der Waals surface area contributed by atoms with Crippen LogP contribution >= 0.6 is 22.6 Å². The van der Waals surface area contributed by atoms with E-state index in [0.29, 0.717) is 4.90 Å². The summed E-state index contributed by atoms with van der Waals surface area (Å²) in [7, 11) is -3.03. The van der Waals surface area contributed by atoms with Crippen LogP contribution in [-0.4, -0.2) is 14.2 Å². The Balaban J connectivity index is 3.21. The standard InChI is InChI=1S/C8H9IO2S/c1-2-12(10,11)8-5-3-4-7(9)6-8/h3-6H,2H2,1H3. The molecule has 0 bridgehead atoms. The number of rotatable bonds is 2. The molecule has 0 aliphatic heterocycles. The van der Waals surface area contributed by atoms with Gasteiger partial charge in [-0.15, -0.1) is 0 Å². The minimum absolute atomic E-state index is 0.160. The molecule has 1 aromatic carbocycles. The SMILES string of the molecule is CCS(=O)(=O)c1cccc(I)c1. The van der Waals surface area contributed by atoms with Crippen LogP contribution in [0.25, 0.3) is 0 Å². The summed E-state index contributed by atoms with van der Waals surface area (Å²) in [6.07, 6.45) is 0. The molecule has 0 radical (unpaired) electrons. The van der Waals surface area contributed by atoms with Gasteiger partial charge in [0, 0.05) is 3.57 Å². The number of sulfone groups is 1. The zero-order chi connectivity index (χ0) is 9.19. The van der Waals surface area contributed by atoms with Gasteiger partial charge in [0.1, 0.15) is 0 Å². The van der Waals surface area contributed by atoms with Crippen molar-refractivity contribution in [2.45, 2.75) is 11.8 Å². The van der Waals surface area contributed by atoms with Crippen LogP contribution in [0.4, 0.5) is 0 Å². The second kappa shape index (κ2) is 3.74. The highest BCUT2D eigenvalue weighted by Gasteiger charge is 2.10. The lowest BCUT2D eigenvalue weighted by atomic mass is 10.4. The predicted octanol–water partition coefficient (Wildman–Crippen LogP) is 2.08. The molecule has 1 aromatic rings. The maximum absolute atomic E-state index is 11.3. The van der Waals surface area contributed by atoms with Crippen molar-refractivity contribution in [3.63, 3.8) is 0 Å². The fraction of sp³-hybridized carbons (Fsp3) is 0.250. The lowest BCUT2D eigenvalue weighted by molar-refractivity contribution is 0.597. The molecule has 2 nitrogen and oxygen atoms in total. The van der Waals surface area contributed by atoms with E-state index in [9.17, 15) is 8.42 Å². The van der Waals surface area contributed by atoms with E-state index in [4.69, 9.17) is 0 Å². The zero-order valence-electron chi connectivity index (χ0n) is 6.62. The molecule has 0 atom stereocenters. The van der Waals surface area contributed by atoms with E-state index >= 15 is 0 Å². The van der Waals surface area contributed by atoms with Gasteiger partial charge in [0.15, 0.2) is 9.84 Å². The van der Waals surface area contributed by atoms with Gasteiger partial charge in [0.05, 0.1) is 10.6 Å². The summed E-state index contributed by atoms with van der Waals surface area (Å²) in [6.45, 7) is 1.65. The Morgan fingerprint density at radius 1 is 1.42 bits per heavy atom. The highest BCUT2D eigenvalue weighted by molar-refractivity contribution is 14.1. The monoisotopic (exact) mass is 296 g/mol. The van der Waals surface area contributed by atoms with Crippen LogP contribution in [0.2, 0.25) is 0 Å². The Morgan fingerprint density at radius 2 is 2.08 bits per heavy atom. The molecular formula is C8H9IO2S. The minimum Gasteiger partial charge on any atom is -0.224 e. The van der Waals surface area contributed by atoms with Gasteiger partial charge in [-0.25, -0.2) is 8.42 Å².